The topological polar surface area (TPSA) is 60.5 Å². The van der Waals surface area contributed by atoms with E-state index in [9.17, 15) is 18.0 Å². The molecule has 8 heteroatoms. The largest absolute Gasteiger partial charge is 0.497 e. The van der Waals surface area contributed by atoms with Crippen LogP contribution in [0.3, 0.4) is 0 Å². The highest BCUT2D eigenvalue weighted by molar-refractivity contribution is 5.98. The van der Waals surface area contributed by atoms with E-state index in [0.717, 1.165) is 5.56 Å². The zero-order chi connectivity index (χ0) is 19.6. The average molecular weight is 376 g/mol. The number of hydrogen-bond donors (Lipinski definition) is 1. The summed E-state index contributed by atoms with van der Waals surface area (Å²) < 4.78 is 47.8. The highest BCUT2D eigenvalue weighted by Crippen LogP contribution is 2.32. The number of amides is 1. The lowest BCUT2D eigenvalue weighted by Gasteiger charge is -2.12. The van der Waals surface area contributed by atoms with Crippen molar-refractivity contribution in [2.75, 3.05) is 19.5 Å². The number of nitrogens with zero attached hydrogens (tertiary/aromatic N) is 1. The molecule has 0 fully saturated rings. The number of pyridine rings is 1. The fraction of sp³-hybridized carbons (Fsp3) is 0.158. The monoisotopic (exact) mass is 376 g/mol. The molecule has 1 heterocycles. The highest BCUT2D eigenvalue weighted by atomic mass is 19.4. The van der Waals surface area contributed by atoms with Gasteiger partial charge in [0.15, 0.2) is 0 Å². The number of aromatic nitrogens is 1. The predicted octanol–water partition coefficient (Wildman–Crippen LogP) is 4.42. The Hall–Kier alpha value is -3.29. The number of fused-ring (bicyclic) bond motifs is 1. The van der Waals surface area contributed by atoms with Crippen molar-refractivity contribution >= 4 is 22.5 Å². The van der Waals surface area contributed by atoms with Crippen LogP contribution in [-0.4, -0.2) is 31.3 Å². The third-order valence-electron chi connectivity index (χ3n) is 3.89. The number of halogens is 3. The third-order valence-corrected chi connectivity index (χ3v) is 3.89. The molecule has 0 saturated carbocycles. The van der Waals surface area contributed by atoms with E-state index in [1.165, 1.54) is 25.3 Å². The van der Waals surface area contributed by atoms with E-state index in [0.29, 0.717) is 28.1 Å². The molecule has 0 saturated heterocycles. The van der Waals surface area contributed by atoms with Crippen molar-refractivity contribution in [3.8, 4) is 22.8 Å². The zero-order valence-corrected chi connectivity index (χ0v) is 14.4. The minimum absolute atomic E-state index is 0.00197. The second-order valence-electron chi connectivity index (χ2n) is 5.62. The summed E-state index contributed by atoms with van der Waals surface area (Å²) in [5.41, 5.74) is 1.98. The van der Waals surface area contributed by atoms with Gasteiger partial charge in [0.25, 0.3) is 0 Å². The van der Waals surface area contributed by atoms with Crippen LogP contribution >= 0.6 is 0 Å². The molecule has 1 N–H and O–H groups in total. The number of nitrogens with one attached hydrogen (secondary N) is 1. The number of rotatable bonds is 4. The van der Waals surface area contributed by atoms with E-state index in [1.807, 2.05) is 17.4 Å². The maximum atomic E-state index is 12.4. The lowest BCUT2D eigenvalue weighted by atomic mass is 10.1. The molecule has 0 spiro atoms. The van der Waals surface area contributed by atoms with Gasteiger partial charge in [-0.3, -0.25) is 4.79 Å². The summed E-state index contributed by atoms with van der Waals surface area (Å²) in [7, 11) is 3.02. The Morgan fingerprint density at radius 1 is 1.00 bits per heavy atom. The van der Waals surface area contributed by atoms with Crippen molar-refractivity contribution in [2.45, 2.75) is 6.18 Å². The van der Waals surface area contributed by atoms with Crippen LogP contribution in [0.25, 0.3) is 22.2 Å². The average Bonchev–Trinajstić information content (AvgIpc) is 2.66. The first kappa shape index (κ1) is 18.5. The van der Waals surface area contributed by atoms with Crippen LogP contribution in [0.15, 0.2) is 48.5 Å². The molecule has 3 rings (SSSR count). The Balaban J connectivity index is 2.01. The van der Waals surface area contributed by atoms with Gasteiger partial charge in [-0.15, -0.1) is 0 Å². The Bertz CT molecular complexity index is 986. The van der Waals surface area contributed by atoms with E-state index in [4.69, 9.17) is 9.47 Å². The maximum absolute atomic E-state index is 12.4. The SMILES string of the molecule is COc1ccc(-c2cc(OC)c3cc(NC(=O)C(F)(F)F)ccc3n2)cc1. The molecule has 27 heavy (non-hydrogen) atoms. The van der Waals surface area contributed by atoms with Gasteiger partial charge in [-0.1, -0.05) is 0 Å². The number of carbonyl (C=O) groups is 1. The maximum Gasteiger partial charge on any atom is 0.471 e. The number of ether oxygens (including phenoxy) is 2. The van der Waals surface area contributed by atoms with Crippen molar-refractivity contribution in [3.05, 3.63) is 48.5 Å². The molecule has 5 nitrogen and oxygen atoms in total. The number of anilines is 1. The van der Waals surface area contributed by atoms with Crippen LogP contribution in [-0.2, 0) is 4.79 Å². The van der Waals surface area contributed by atoms with E-state index in [1.54, 1.807) is 25.3 Å². The van der Waals surface area contributed by atoms with Gasteiger partial charge in [-0.25, -0.2) is 4.98 Å². The van der Waals surface area contributed by atoms with E-state index in [-0.39, 0.29) is 5.69 Å². The number of hydrogen-bond acceptors (Lipinski definition) is 4. The Morgan fingerprint density at radius 2 is 1.70 bits per heavy atom. The normalized spacial score (nSPS) is 11.3. The molecule has 140 valence electrons. The Kier molecular flexibility index (Phi) is 4.89. The van der Waals surface area contributed by atoms with Crippen LogP contribution in [0.1, 0.15) is 0 Å². The second-order valence-corrected chi connectivity index (χ2v) is 5.62. The highest BCUT2D eigenvalue weighted by Gasteiger charge is 2.38. The summed E-state index contributed by atoms with van der Waals surface area (Å²) in [5.74, 6) is -0.908. The molecule has 0 atom stereocenters. The van der Waals surface area contributed by atoms with Gasteiger partial charge < -0.3 is 14.8 Å². The summed E-state index contributed by atoms with van der Waals surface area (Å²) in [6.07, 6.45) is -4.96. The minimum atomic E-state index is -4.96. The van der Waals surface area contributed by atoms with Gasteiger partial charge in [0, 0.05) is 22.7 Å². The first-order chi connectivity index (χ1) is 12.8. The van der Waals surface area contributed by atoms with Gasteiger partial charge in [0.05, 0.1) is 25.4 Å². The van der Waals surface area contributed by atoms with Crippen LogP contribution in [0.4, 0.5) is 18.9 Å². The summed E-state index contributed by atoms with van der Waals surface area (Å²) in [4.78, 5) is 15.6. The Morgan fingerprint density at radius 3 is 2.30 bits per heavy atom. The third kappa shape index (κ3) is 3.94. The number of carbonyl (C=O) groups excluding carboxylic acids is 1. The van der Waals surface area contributed by atoms with Crippen molar-refractivity contribution in [2.24, 2.45) is 0 Å². The molecule has 0 bridgehead atoms. The van der Waals surface area contributed by atoms with Crippen LogP contribution in [0.5, 0.6) is 11.5 Å². The molecule has 0 aliphatic carbocycles. The van der Waals surface area contributed by atoms with Crippen molar-refractivity contribution < 1.29 is 27.4 Å². The molecule has 1 aromatic heterocycles. The lowest BCUT2D eigenvalue weighted by molar-refractivity contribution is -0.167. The molecule has 0 unspecified atom stereocenters. The van der Waals surface area contributed by atoms with E-state index < -0.39 is 12.1 Å². The molecular formula is C19H15F3N2O3. The predicted molar refractivity (Wildman–Crippen MR) is 95.0 cm³/mol. The lowest BCUT2D eigenvalue weighted by Crippen LogP contribution is -2.29. The van der Waals surface area contributed by atoms with Crippen molar-refractivity contribution in [1.82, 2.24) is 4.98 Å². The fourth-order valence-electron chi connectivity index (χ4n) is 2.55. The smallest absolute Gasteiger partial charge is 0.471 e. The molecule has 3 aromatic rings. The molecule has 2 aromatic carbocycles. The van der Waals surface area contributed by atoms with Gasteiger partial charge in [-0.2, -0.15) is 13.2 Å². The standard InChI is InChI=1S/C19H15F3N2O3/c1-26-13-6-3-11(4-7-13)16-10-17(27-2)14-9-12(5-8-15(14)24-16)23-18(25)19(20,21)22/h3-10H,1-2H3,(H,23,25). The molecular weight excluding hydrogens is 361 g/mol. The number of benzene rings is 2. The summed E-state index contributed by atoms with van der Waals surface area (Å²) in [6.45, 7) is 0. The Labute approximate surface area is 152 Å². The van der Waals surface area contributed by atoms with Crippen molar-refractivity contribution in [3.63, 3.8) is 0 Å². The van der Waals surface area contributed by atoms with Crippen LogP contribution in [0.2, 0.25) is 0 Å². The summed E-state index contributed by atoms with van der Waals surface area (Å²) in [5, 5.41) is 2.30. The van der Waals surface area contributed by atoms with Crippen LogP contribution in [0, 0.1) is 0 Å². The molecule has 0 radical (unpaired) electrons. The molecule has 1 amide bonds. The number of methoxy groups -OCH3 is 2. The molecule has 0 aliphatic rings. The second kappa shape index (κ2) is 7.14. The van der Waals surface area contributed by atoms with Gasteiger partial charge in [-0.05, 0) is 42.5 Å². The van der Waals surface area contributed by atoms with Gasteiger partial charge >= 0.3 is 12.1 Å². The summed E-state index contributed by atoms with van der Waals surface area (Å²) in [6, 6.07) is 13.2. The van der Waals surface area contributed by atoms with E-state index >= 15 is 0 Å². The van der Waals surface area contributed by atoms with Crippen molar-refractivity contribution in [1.29, 1.82) is 0 Å². The van der Waals surface area contributed by atoms with E-state index in [2.05, 4.69) is 4.98 Å². The zero-order valence-electron chi connectivity index (χ0n) is 14.4. The quantitative estimate of drug-likeness (QED) is 0.732. The van der Waals surface area contributed by atoms with Crippen LogP contribution < -0.4 is 14.8 Å². The van der Waals surface area contributed by atoms with Gasteiger partial charge in [0.2, 0.25) is 0 Å². The number of alkyl halides is 3. The fourth-order valence-corrected chi connectivity index (χ4v) is 2.55. The first-order valence-electron chi connectivity index (χ1n) is 7.83. The first-order valence-corrected chi connectivity index (χ1v) is 7.83. The van der Waals surface area contributed by atoms with Gasteiger partial charge in [0.1, 0.15) is 11.5 Å². The summed E-state index contributed by atoms with van der Waals surface area (Å²) >= 11 is 0. The molecule has 0 aliphatic heterocycles. The minimum Gasteiger partial charge on any atom is -0.497 e.